The van der Waals surface area contributed by atoms with Crippen molar-refractivity contribution < 1.29 is 4.42 Å². The fraction of sp³-hybridized carbons (Fsp3) is 0.462. The molecule has 4 nitrogen and oxygen atoms in total. The predicted molar refractivity (Wildman–Crippen MR) is 67.8 cm³/mol. The lowest BCUT2D eigenvalue weighted by atomic mass is 9.96. The van der Waals surface area contributed by atoms with E-state index in [9.17, 15) is 0 Å². The maximum Gasteiger partial charge on any atom is 0.296 e. The van der Waals surface area contributed by atoms with Crippen LogP contribution >= 0.6 is 0 Å². The van der Waals surface area contributed by atoms with Crippen molar-refractivity contribution in [3.05, 3.63) is 24.3 Å². The van der Waals surface area contributed by atoms with E-state index in [0.717, 1.165) is 11.1 Å². The molecule has 1 atom stereocenters. The minimum absolute atomic E-state index is 0.0964. The molecule has 0 spiro atoms. The average Bonchev–Trinajstić information content (AvgIpc) is 3.11. The fourth-order valence-electron chi connectivity index (χ4n) is 2.21. The van der Waals surface area contributed by atoms with Gasteiger partial charge in [0.05, 0.1) is 5.54 Å². The predicted octanol–water partition coefficient (Wildman–Crippen LogP) is 2.37. The Morgan fingerprint density at radius 1 is 1.47 bits per heavy atom. The second kappa shape index (κ2) is 3.74. The third-order valence-corrected chi connectivity index (χ3v) is 3.59. The van der Waals surface area contributed by atoms with Crippen molar-refractivity contribution in [2.75, 3.05) is 11.9 Å². The van der Waals surface area contributed by atoms with Gasteiger partial charge in [0.25, 0.3) is 6.01 Å². The summed E-state index contributed by atoms with van der Waals surface area (Å²) in [5.74, 6) is 0.641. The third-order valence-electron chi connectivity index (χ3n) is 3.59. The lowest BCUT2D eigenvalue weighted by Crippen LogP contribution is -2.44. The molecule has 3 rings (SSSR count). The Morgan fingerprint density at radius 2 is 2.24 bits per heavy atom. The highest BCUT2D eigenvalue weighted by Crippen LogP contribution is 2.41. The van der Waals surface area contributed by atoms with E-state index in [4.69, 9.17) is 10.2 Å². The van der Waals surface area contributed by atoms with Gasteiger partial charge in [-0.1, -0.05) is 12.1 Å². The van der Waals surface area contributed by atoms with E-state index in [1.807, 2.05) is 24.3 Å². The van der Waals surface area contributed by atoms with Crippen molar-refractivity contribution in [1.29, 1.82) is 0 Å². The number of para-hydroxylation sites is 2. The van der Waals surface area contributed by atoms with Crippen LogP contribution in [0.5, 0.6) is 0 Å². The number of hydrogen-bond donors (Lipinski definition) is 2. The maximum absolute atomic E-state index is 5.86. The Labute approximate surface area is 100 Å². The Bertz CT molecular complexity index is 499. The molecule has 1 heterocycles. The number of oxazole rings is 1. The summed E-state index contributed by atoms with van der Waals surface area (Å²) in [5.41, 5.74) is 7.45. The zero-order valence-corrected chi connectivity index (χ0v) is 9.94. The van der Waals surface area contributed by atoms with Crippen molar-refractivity contribution in [3.8, 4) is 0 Å². The Morgan fingerprint density at radius 3 is 2.88 bits per heavy atom. The largest absolute Gasteiger partial charge is 0.424 e. The van der Waals surface area contributed by atoms with Crippen molar-refractivity contribution in [1.82, 2.24) is 4.98 Å². The van der Waals surface area contributed by atoms with Crippen molar-refractivity contribution in [2.45, 2.75) is 25.3 Å². The Kier molecular flexibility index (Phi) is 2.33. The molecule has 1 fully saturated rings. The lowest BCUT2D eigenvalue weighted by Gasteiger charge is -2.28. The Hall–Kier alpha value is -1.55. The van der Waals surface area contributed by atoms with Gasteiger partial charge in [-0.2, -0.15) is 4.98 Å². The van der Waals surface area contributed by atoms with Gasteiger partial charge in [0.2, 0.25) is 0 Å². The molecule has 1 saturated carbocycles. The molecule has 0 saturated heterocycles. The number of benzene rings is 1. The van der Waals surface area contributed by atoms with Crippen LogP contribution in [0.1, 0.15) is 19.8 Å². The third kappa shape index (κ3) is 1.89. The molecule has 4 heteroatoms. The molecule has 1 aromatic heterocycles. The quantitative estimate of drug-likeness (QED) is 0.848. The molecule has 17 heavy (non-hydrogen) atoms. The van der Waals surface area contributed by atoms with Crippen LogP contribution in [0, 0.1) is 5.92 Å². The molecule has 90 valence electrons. The fourth-order valence-corrected chi connectivity index (χ4v) is 2.21. The molecule has 0 amide bonds. The summed E-state index contributed by atoms with van der Waals surface area (Å²) in [6, 6.07) is 8.34. The van der Waals surface area contributed by atoms with Crippen LogP contribution in [0.4, 0.5) is 6.01 Å². The van der Waals surface area contributed by atoms with Crippen molar-refractivity contribution >= 4 is 17.1 Å². The second-order valence-corrected chi connectivity index (χ2v) is 5.01. The van der Waals surface area contributed by atoms with E-state index in [1.165, 1.54) is 12.8 Å². The summed E-state index contributed by atoms with van der Waals surface area (Å²) >= 11 is 0. The van der Waals surface area contributed by atoms with Crippen LogP contribution in [0.15, 0.2) is 28.7 Å². The van der Waals surface area contributed by atoms with Crippen LogP contribution in [0.3, 0.4) is 0 Å². The normalized spacial score (nSPS) is 19.2. The molecule has 0 aliphatic heterocycles. The van der Waals surface area contributed by atoms with Gasteiger partial charge in [-0.25, -0.2) is 0 Å². The Balaban J connectivity index is 1.88. The van der Waals surface area contributed by atoms with Gasteiger partial charge in [-0.15, -0.1) is 0 Å². The first kappa shape index (κ1) is 10.6. The molecule has 0 radical (unpaired) electrons. The highest BCUT2D eigenvalue weighted by molar-refractivity contribution is 5.74. The van der Waals surface area contributed by atoms with Gasteiger partial charge >= 0.3 is 0 Å². The van der Waals surface area contributed by atoms with E-state index >= 15 is 0 Å². The first-order valence-electron chi connectivity index (χ1n) is 6.05. The van der Waals surface area contributed by atoms with E-state index in [-0.39, 0.29) is 5.54 Å². The number of nitrogens with two attached hydrogens (primary N) is 1. The van der Waals surface area contributed by atoms with E-state index in [0.29, 0.717) is 18.5 Å². The maximum atomic E-state index is 5.86. The van der Waals surface area contributed by atoms with Crippen LogP contribution in [0.2, 0.25) is 0 Å². The number of nitrogens with one attached hydrogen (secondary N) is 1. The molecular weight excluding hydrogens is 214 g/mol. The van der Waals surface area contributed by atoms with Crippen LogP contribution in [-0.4, -0.2) is 17.1 Å². The topological polar surface area (TPSA) is 64.1 Å². The molecule has 3 N–H and O–H groups in total. The molecule has 2 aromatic rings. The van der Waals surface area contributed by atoms with Gasteiger partial charge in [-0.3, -0.25) is 0 Å². The molecular formula is C13H17N3O. The van der Waals surface area contributed by atoms with Crippen LogP contribution in [-0.2, 0) is 0 Å². The monoisotopic (exact) mass is 231 g/mol. The minimum Gasteiger partial charge on any atom is -0.424 e. The summed E-state index contributed by atoms with van der Waals surface area (Å²) in [5, 5.41) is 3.35. The zero-order chi connectivity index (χ0) is 11.9. The van der Waals surface area contributed by atoms with E-state index < -0.39 is 0 Å². The first-order valence-corrected chi connectivity index (χ1v) is 6.05. The lowest BCUT2D eigenvalue weighted by molar-refractivity contribution is 0.439. The van der Waals surface area contributed by atoms with Gasteiger partial charge < -0.3 is 15.5 Å². The van der Waals surface area contributed by atoms with E-state index in [2.05, 4.69) is 17.2 Å². The van der Waals surface area contributed by atoms with Crippen LogP contribution < -0.4 is 11.1 Å². The smallest absolute Gasteiger partial charge is 0.296 e. The summed E-state index contributed by atoms with van der Waals surface area (Å²) < 4.78 is 5.67. The van der Waals surface area contributed by atoms with Gasteiger partial charge in [0.15, 0.2) is 5.58 Å². The second-order valence-electron chi connectivity index (χ2n) is 5.01. The number of nitrogens with zero attached hydrogens (tertiary/aromatic N) is 1. The summed E-state index contributed by atoms with van der Waals surface area (Å²) in [4.78, 5) is 4.42. The molecule has 1 aliphatic carbocycles. The number of aromatic nitrogens is 1. The number of rotatable bonds is 4. The molecule has 1 aromatic carbocycles. The van der Waals surface area contributed by atoms with Gasteiger partial charge in [0.1, 0.15) is 5.52 Å². The molecule has 1 aliphatic rings. The zero-order valence-electron chi connectivity index (χ0n) is 9.94. The van der Waals surface area contributed by atoms with Crippen molar-refractivity contribution in [3.63, 3.8) is 0 Å². The SMILES string of the molecule is CC(CN)(Nc1nc2ccccc2o1)C1CC1. The highest BCUT2D eigenvalue weighted by atomic mass is 16.4. The number of hydrogen-bond acceptors (Lipinski definition) is 4. The van der Waals surface area contributed by atoms with Gasteiger partial charge in [0, 0.05) is 6.54 Å². The minimum atomic E-state index is -0.0964. The summed E-state index contributed by atoms with van der Waals surface area (Å²) in [6.07, 6.45) is 2.47. The van der Waals surface area contributed by atoms with Crippen LogP contribution in [0.25, 0.3) is 11.1 Å². The number of fused-ring (bicyclic) bond motifs is 1. The summed E-state index contributed by atoms with van der Waals surface area (Å²) in [7, 11) is 0. The summed E-state index contributed by atoms with van der Waals surface area (Å²) in [6.45, 7) is 2.73. The van der Waals surface area contributed by atoms with Crippen molar-refractivity contribution in [2.24, 2.45) is 11.7 Å². The highest BCUT2D eigenvalue weighted by Gasteiger charge is 2.41. The van der Waals surface area contributed by atoms with Gasteiger partial charge in [-0.05, 0) is 37.8 Å². The first-order chi connectivity index (χ1) is 8.21. The van der Waals surface area contributed by atoms with E-state index in [1.54, 1.807) is 0 Å². The standard InChI is InChI=1S/C13H17N3O/c1-13(8-14,9-6-7-9)16-12-15-10-4-2-3-5-11(10)17-12/h2-5,9H,6-8,14H2,1H3,(H,15,16). The number of anilines is 1. The molecule has 1 unspecified atom stereocenters. The molecule has 0 bridgehead atoms. The average molecular weight is 231 g/mol.